The third-order valence-corrected chi connectivity index (χ3v) is 2.94. The Balaban J connectivity index is 2.68. The van der Waals surface area contributed by atoms with Crippen LogP contribution in [0.15, 0.2) is 46.0 Å². The normalized spacial score (nSPS) is 10.6. The van der Waals surface area contributed by atoms with Gasteiger partial charge in [-0.05, 0) is 17.7 Å². The lowest BCUT2D eigenvalue weighted by molar-refractivity contribution is 0.632. The predicted molar refractivity (Wildman–Crippen MR) is 71.8 cm³/mol. The molecule has 2 aromatic rings. The molecular weight excluding hydrogens is 236 g/mol. The fourth-order valence-corrected chi connectivity index (χ4v) is 1.73. The molecule has 17 heavy (non-hydrogen) atoms. The number of hydrogen-bond donors (Lipinski definition) is 2. The third kappa shape index (κ3) is 2.19. The van der Waals surface area contributed by atoms with Crippen molar-refractivity contribution >= 4 is 23.4 Å². The highest BCUT2D eigenvalue weighted by Crippen LogP contribution is 2.03. The molecule has 2 rings (SSSR count). The van der Waals surface area contributed by atoms with E-state index in [-0.39, 0.29) is 17.7 Å². The standard InChI is InChI=1S/C12H12N2O2S/c1-8(7-17)6-14-12(16)10-5-3-2-4-9(10)11(15)13-14/h2-5,17H,1,6-7H2,(H,13,15). The van der Waals surface area contributed by atoms with Crippen molar-refractivity contribution in [2.24, 2.45) is 0 Å². The first-order valence-corrected chi connectivity index (χ1v) is 5.76. The average Bonchev–Trinajstić information content (AvgIpc) is 2.35. The molecule has 4 nitrogen and oxygen atoms in total. The number of rotatable bonds is 3. The molecule has 1 heterocycles. The van der Waals surface area contributed by atoms with Crippen LogP contribution in [0.25, 0.3) is 10.8 Å². The largest absolute Gasteiger partial charge is 0.273 e. The summed E-state index contributed by atoms with van der Waals surface area (Å²) in [6.07, 6.45) is 0. The molecule has 5 heteroatoms. The van der Waals surface area contributed by atoms with Crippen LogP contribution in [0, 0.1) is 0 Å². The van der Waals surface area contributed by atoms with Gasteiger partial charge in [0.1, 0.15) is 0 Å². The molecule has 0 aliphatic rings. The Morgan fingerprint density at radius 2 is 1.94 bits per heavy atom. The van der Waals surface area contributed by atoms with Crippen LogP contribution < -0.4 is 11.1 Å². The van der Waals surface area contributed by atoms with E-state index in [4.69, 9.17) is 0 Å². The number of H-pyrrole nitrogens is 1. The molecule has 1 aromatic heterocycles. The van der Waals surface area contributed by atoms with E-state index in [0.29, 0.717) is 16.5 Å². The monoisotopic (exact) mass is 248 g/mol. The summed E-state index contributed by atoms with van der Waals surface area (Å²) in [6.45, 7) is 4.04. The predicted octanol–water partition coefficient (Wildman–Crippen LogP) is 1.18. The topological polar surface area (TPSA) is 54.9 Å². The van der Waals surface area contributed by atoms with Gasteiger partial charge < -0.3 is 0 Å². The quantitative estimate of drug-likeness (QED) is 0.633. The number of thiol groups is 1. The van der Waals surface area contributed by atoms with Crippen molar-refractivity contribution in [2.45, 2.75) is 6.54 Å². The smallest absolute Gasteiger partial charge is 0.267 e. The van der Waals surface area contributed by atoms with Gasteiger partial charge in [-0.2, -0.15) is 12.6 Å². The molecule has 0 aliphatic carbocycles. The van der Waals surface area contributed by atoms with Crippen LogP contribution in [0.2, 0.25) is 0 Å². The lowest BCUT2D eigenvalue weighted by Gasteiger charge is -2.07. The lowest BCUT2D eigenvalue weighted by atomic mass is 10.2. The number of benzene rings is 1. The first-order valence-electron chi connectivity index (χ1n) is 5.13. The molecule has 0 aliphatic heterocycles. The zero-order valence-corrected chi connectivity index (χ0v) is 10.0. The summed E-state index contributed by atoms with van der Waals surface area (Å²) in [5.74, 6) is 0.474. The molecule has 0 unspecified atom stereocenters. The fraction of sp³-hybridized carbons (Fsp3) is 0.167. The van der Waals surface area contributed by atoms with E-state index >= 15 is 0 Å². The maximum atomic E-state index is 12.1. The highest BCUT2D eigenvalue weighted by atomic mass is 32.1. The van der Waals surface area contributed by atoms with Crippen molar-refractivity contribution < 1.29 is 0 Å². The van der Waals surface area contributed by atoms with Crippen molar-refractivity contribution in [3.8, 4) is 0 Å². The Hall–Kier alpha value is -1.75. The highest BCUT2D eigenvalue weighted by molar-refractivity contribution is 7.80. The first-order chi connectivity index (χ1) is 8.13. The van der Waals surface area contributed by atoms with Gasteiger partial charge in [-0.25, -0.2) is 4.68 Å². The third-order valence-electron chi connectivity index (χ3n) is 2.49. The zero-order chi connectivity index (χ0) is 12.4. The average molecular weight is 248 g/mol. The molecule has 88 valence electrons. The van der Waals surface area contributed by atoms with Gasteiger partial charge in [0.15, 0.2) is 0 Å². The van der Waals surface area contributed by atoms with E-state index < -0.39 is 0 Å². The van der Waals surface area contributed by atoms with Gasteiger partial charge in [0.05, 0.1) is 17.3 Å². The maximum absolute atomic E-state index is 12.1. The second-order valence-electron chi connectivity index (χ2n) is 3.79. The molecule has 0 radical (unpaired) electrons. The minimum absolute atomic E-state index is 0.219. The van der Waals surface area contributed by atoms with E-state index in [1.807, 2.05) is 0 Å². The molecule has 0 amide bonds. The van der Waals surface area contributed by atoms with Gasteiger partial charge in [0.2, 0.25) is 0 Å². The number of nitrogens with zero attached hydrogens (tertiary/aromatic N) is 1. The van der Waals surface area contributed by atoms with Gasteiger partial charge in [-0.3, -0.25) is 14.7 Å². The van der Waals surface area contributed by atoms with E-state index in [2.05, 4.69) is 24.3 Å². The van der Waals surface area contributed by atoms with E-state index in [9.17, 15) is 9.59 Å². The van der Waals surface area contributed by atoms with Gasteiger partial charge >= 0.3 is 0 Å². The molecule has 0 atom stereocenters. The Labute approximate surface area is 103 Å². The summed E-state index contributed by atoms with van der Waals surface area (Å²) in [5.41, 5.74) is 0.275. The summed E-state index contributed by atoms with van der Waals surface area (Å²) in [5, 5.41) is 3.36. The van der Waals surface area contributed by atoms with Crippen molar-refractivity contribution in [1.82, 2.24) is 9.78 Å². The van der Waals surface area contributed by atoms with Crippen molar-refractivity contribution in [3.63, 3.8) is 0 Å². The van der Waals surface area contributed by atoms with Gasteiger partial charge in [-0.15, -0.1) is 0 Å². The minimum Gasteiger partial charge on any atom is -0.267 e. The number of hydrogen-bond acceptors (Lipinski definition) is 3. The van der Waals surface area contributed by atoms with Crippen LogP contribution in [-0.2, 0) is 6.54 Å². The minimum atomic E-state index is -0.271. The second kappa shape index (κ2) is 4.63. The molecule has 1 N–H and O–H groups in total. The molecule has 0 fully saturated rings. The summed E-state index contributed by atoms with van der Waals surface area (Å²) < 4.78 is 1.27. The number of aromatic amines is 1. The number of aromatic nitrogens is 2. The van der Waals surface area contributed by atoms with E-state index in [0.717, 1.165) is 5.57 Å². The summed E-state index contributed by atoms with van der Waals surface area (Å²) >= 11 is 4.07. The zero-order valence-electron chi connectivity index (χ0n) is 9.14. The SMILES string of the molecule is C=C(CS)Cn1[nH]c(=O)c2ccccc2c1=O. The van der Waals surface area contributed by atoms with Crippen molar-refractivity contribution in [1.29, 1.82) is 0 Å². The summed E-state index contributed by atoms with van der Waals surface area (Å²) in [4.78, 5) is 23.8. The highest BCUT2D eigenvalue weighted by Gasteiger charge is 2.06. The van der Waals surface area contributed by atoms with Crippen LogP contribution in [-0.4, -0.2) is 15.5 Å². The molecular formula is C12H12N2O2S. The van der Waals surface area contributed by atoms with E-state index in [1.54, 1.807) is 24.3 Å². The number of fused-ring (bicyclic) bond motifs is 1. The Morgan fingerprint density at radius 3 is 2.59 bits per heavy atom. The molecule has 0 bridgehead atoms. The van der Waals surface area contributed by atoms with Gasteiger partial charge in [0, 0.05) is 5.75 Å². The first kappa shape index (κ1) is 11.7. The lowest BCUT2D eigenvalue weighted by Crippen LogP contribution is -2.30. The fourth-order valence-electron chi connectivity index (χ4n) is 1.63. The summed E-state index contributed by atoms with van der Waals surface area (Å²) in [7, 11) is 0. The van der Waals surface area contributed by atoms with Crippen LogP contribution in [0.3, 0.4) is 0 Å². The molecule has 0 spiro atoms. The molecule has 0 saturated carbocycles. The second-order valence-corrected chi connectivity index (χ2v) is 4.10. The van der Waals surface area contributed by atoms with Crippen LogP contribution in [0.5, 0.6) is 0 Å². The maximum Gasteiger partial charge on any atom is 0.273 e. The van der Waals surface area contributed by atoms with Gasteiger partial charge in [-0.1, -0.05) is 18.7 Å². The van der Waals surface area contributed by atoms with E-state index in [1.165, 1.54) is 4.68 Å². The van der Waals surface area contributed by atoms with Crippen molar-refractivity contribution in [2.75, 3.05) is 5.75 Å². The Morgan fingerprint density at radius 1 is 1.29 bits per heavy atom. The Kier molecular flexibility index (Phi) is 3.19. The van der Waals surface area contributed by atoms with Crippen LogP contribution in [0.4, 0.5) is 0 Å². The summed E-state index contributed by atoms with van der Waals surface area (Å²) in [6, 6.07) is 6.75. The van der Waals surface area contributed by atoms with Crippen LogP contribution in [0.1, 0.15) is 0 Å². The van der Waals surface area contributed by atoms with Crippen molar-refractivity contribution in [3.05, 3.63) is 57.1 Å². The number of nitrogens with one attached hydrogen (secondary N) is 1. The van der Waals surface area contributed by atoms with Crippen LogP contribution >= 0.6 is 12.6 Å². The van der Waals surface area contributed by atoms with Gasteiger partial charge in [0.25, 0.3) is 11.1 Å². The Bertz CT molecular complexity index is 685. The molecule has 0 saturated heterocycles. The molecule has 1 aromatic carbocycles.